The number of benzene rings is 1. The van der Waals surface area contributed by atoms with Gasteiger partial charge >= 0.3 is 5.97 Å². The second-order valence-electron chi connectivity index (χ2n) is 7.78. The van der Waals surface area contributed by atoms with Gasteiger partial charge in [0.25, 0.3) is 5.91 Å². The van der Waals surface area contributed by atoms with E-state index >= 15 is 0 Å². The summed E-state index contributed by atoms with van der Waals surface area (Å²) in [6.07, 6.45) is 0.561. The molecule has 28 heavy (non-hydrogen) atoms. The van der Waals surface area contributed by atoms with Crippen LogP contribution in [0.3, 0.4) is 0 Å². The van der Waals surface area contributed by atoms with Crippen LogP contribution in [0.1, 0.15) is 24.0 Å². The molecule has 1 atom stereocenters. The van der Waals surface area contributed by atoms with Crippen LogP contribution in [0.5, 0.6) is 0 Å². The molecule has 1 amide bonds. The number of carbonyl (C=O) groups is 2. The maximum atomic E-state index is 12.3. The van der Waals surface area contributed by atoms with Crippen LogP contribution in [0.25, 0.3) is 0 Å². The third-order valence-electron chi connectivity index (χ3n) is 5.35. The number of esters is 1. The van der Waals surface area contributed by atoms with E-state index in [1.165, 1.54) is 11.1 Å². The molecule has 0 bridgehead atoms. The number of nitrogens with zero attached hydrogens (tertiary/aromatic N) is 2. The van der Waals surface area contributed by atoms with Crippen LogP contribution in [-0.2, 0) is 30.7 Å². The van der Waals surface area contributed by atoms with Crippen LogP contribution in [0.4, 0.5) is 0 Å². The molecule has 0 radical (unpaired) electrons. The quantitative estimate of drug-likeness (QED) is 0.653. The van der Waals surface area contributed by atoms with E-state index in [2.05, 4.69) is 36.1 Å². The third-order valence-corrected chi connectivity index (χ3v) is 7.19. The molecule has 8 heteroatoms. The first-order valence-electron chi connectivity index (χ1n) is 9.72. The number of hydrogen-bond donors (Lipinski definition) is 0. The van der Waals surface area contributed by atoms with Crippen LogP contribution in [0, 0.1) is 12.8 Å². The minimum Gasteiger partial charge on any atom is -0.456 e. The maximum absolute atomic E-state index is 12.3. The SMILES string of the molecule is Cc1cccc(CN2CCN(C(=O)COC(=O)CC3CCS(=O)(=O)C3)CC2)c1. The summed E-state index contributed by atoms with van der Waals surface area (Å²) >= 11 is 0. The number of hydrogen-bond acceptors (Lipinski definition) is 6. The lowest BCUT2D eigenvalue weighted by Gasteiger charge is -2.34. The molecule has 1 aromatic carbocycles. The van der Waals surface area contributed by atoms with Crippen LogP contribution in [0.15, 0.2) is 24.3 Å². The van der Waals surface area contributed by atoms with Crippen LogP contribution in [0.2, 0.25) is 0 Å². The number of sulfone groups is 1. The fraction of sp³-hybridized carbons (Fsp3) is 0.600. The molecule has 2 fully saturated rings. The maximum Gasteiger partial charge on any atom is 0.306 e. The molecule has 2 heterocycles. The molecule has 7 nitrogen and oxygen atoms in total. The zero-order chi connectivity index (χ0) is 20.1. The average Bonchev–Trinajstić information content (AvgIpc) is 2.98. The summed E-state index contributed by atoms with van der Waals surface area (Å²) in [5.74, 6) is -0.691. The number of amides is 1. The predicted molar refractivity (Wildman–Crippen MR) is 105 cm³/mol. The fourth-order valence-electron chi connectivity index (χ4n) is 3.79. The Labute approximate surface area is 166 Å². The van der Waals surface area contributed by atoms with Gasteiger partial charge in [0.2, 0.25) is 0 Å². The molecule has 2 aliphatic rings. The van der Waals surface area contributed by atoms with E-state index in [1.807, 2.05) is 0 Å². The Balaban J connectivity index is 1.36. The molecule has 0 spiro atoms. The molecular formula is C20H28N2O5S. The van der Waals surface area contributed by atoms with E-state index in [0.29, 0.717) is 19.5 Å². The van der Waals surface area contributed by atoms with Crippen molar-refractivity contribution in [3.63, 3.8) is 0 Å². The van der Waals surface area contributed by atoms with Crippen molar-refractivity contribution in [3.8, 4) is 0 Å². The Bertz CT molecular complexity index is 816. The summed E-state index contributed by atoms with van der Waals surface area (Å²) in [7, 11) is -3.01. The highest BCUT2D eigenvalue weighted by Crippen LogP contribution is 2.21. The summed E-state index contributed by atoms with van der Waals surface area (Å²) in [6.45, 7) is 5.47. The van der Waals surface area contributed by atoms with E-state index in [0.717, 1.165) is 19.6 Å². The molecule has 1 aromatic rings. The van der Waals surface area contributed by atoms with Crippen molar-refractivity contribution in [2.45, 2.75) is 26.3 Å². The Kier molecular flexibility index (Phi) is 6.72. The van der Waals surface area contributed by atoms with Gasteiger partial charge in [-0.15, -0.1) is 0 Å². The highest BCUT2D eigenvalue weighted by atomic mass is 32.2. The zero-order valence-electron chi connectivity index (χ0n) is 16.3. The summed E-state index contributed by atoms with van der Waals surface area (Å²) in [4.78, 5) is 28.2. The Morgan fingerprint density at radius 3 is 2.57 bits per heavy atom. The molecule has 2 aliphatic heterocycles. The third kappa shape index (κ3) is 6.04. The molecular weight excluding hydrogens is 380 g/mol. The largest absolute Gasteiger partial charge is 0.456 e. The van der Waals surface area contributed by atoms with Crippen LogP contribution >= 0.6 is 0 Å². The summed E-state index contributed by atoms with van der Waals surface area (Å²) in [6, 6.07) is 8.42. The molecule has 154 valence electrons. The molecule has 0 saturated carbocycles. The lowest BCUT2D eigenvalue weighted by molar-refractivity contribution is -0.153. The van der Waals surface area contributed by atoms with Crippen molar-refractivity contribution in [2.75, 3.05) is 44.3 Å². The Hall–Kier alpha value is -1.93. The highest BCUT2D eigenvalue weighted by molar-refractivity contribution is 7.91. The Morgan fingerprint density at radius 1 is 1.18 bits per heavy atom. The lowest BCUT2D eigenvalue weighted by Crippen LogP contribution is -2.49. The van der Waals surface area contributed by atoms with Gasteiger partial charge in [-0.3, -0.25) is 14.5 Å². The minimum atomic E-state index is -3.01. The first-order chi connectivity index (χ1) is 13.3. The van der Waals surface area contributed by atoms with Gasteiger partial charge in [-0.2, -0.15) is 0 Å². The van der Waals surface area contributed by atoms with Gasteiger partial charge in [-0.05, 0) is 24.8 Å². The number of piperazine rings is 1. The molecule has 0 aliphatic carbocycles. The Morgan fingerprint density at radius 2 is 1.93 bits per heavy atom. The average molecular weight is 409 g/mol. The van der Waals surface area contributed by atoms with Gasteiger partial charge in [0.05, 0.1) is 11.5 Å². The van der Waals surface area contributed by atoms with Crippen LogP contribution < -0.4 is 0 Å². The summed E-state index contributed by atoms with van der Waals surface area (Å²) < 4.78 is 28.0. The summed E-state index contributed by atoms with van der Waals surface area (Å²) in [5.41, 5.74) is 2.51. The van der Waals surface area contributed by atoms with E-state index in [4.69, 9.17) is 4.74 Å². The van der Waals surface area contributed by atoms with Gasteiger partial charge in [0, 0.05) is 39.1 Å². The van der Waals surface area contributed by atoms with Crippen molar-refractivity contribution in [2.24, 2.45) is 5.92 Å². The zero-order valence-corrected chi connectivity index (χ0v) is 17.1. The van der Waals surface area contributed by atoms with Gasteiger partial charge in [-0.1, -0.05) is 29.8 Å². The van der Waals surface area contributed by atoms with Crippen molar-refractivity contribution in [1.29, 1.82) is 0 Å². The number of rotatable bonds is 6. The van der Waals surface area contributed by atoms with Crippen molar-refractivity contribution in [1.82, 2.24) is 9.80 Å². The molecule has 0 N–H and O–H groups in total. The van der Waals surface area contributed by atoms with Crippen molar-refractivity contribution >= 4 is 21.7 Å². The van der Waals surface area contributed by atoms with Crippen LogP contribution in [-0.4, -0.2) is 74.4 Å². The van der Waals surface area contributed by atoms with E-state index in [-0.39, 0.29) is 36.4 Å². The number of carbonyl (C=O) groups excluding carboxylic acids is 2. The first kappa shape index (κ1) is 20.8. The molecule has 0 aromatic heterocycles. The normalized spacial score (nSPS) is 22.2. The second kappa shape index (κ2) is 9.05. The van der Waals surface area contributed by atoms with Gasteiger partial charge in [-0.25, -0.2) is 8.42 Å². The second-order valence-corrected chi connectivity index (χ2v) is 10.0. The fourth-order valence-corrected chi connectivity index (χ4v) is 5.65. The van der Waals surface area contributed by atoms with Crippen molar-refractivity contribution in [3.05, 3.63) is 35.4 Å². The minimum absolute atomic E-state index is 0.0406. The highest BCUT2D eigenvalue weighted by Gasteiger charge is 2.30. The lowest BCUT2D eigenvalue weighted by atomic mass is 10.1. The first-order valence-corrected chi connectivity index (χ1v) is 11.5. The smallest absolute Gasteiger partial charge is 0.306 e. The molecule has 1 unspecified atom stereocenters. The molecule has 3 rings (SSSR count). The van der Waals surface area contributed by atoms with Crippen molar-refractivity contribution < 1.29 is 22.7 Å². The van der Waals surface area contributed by atoms with E-state index in [9.17, 15) is 18.0 Å². The van der Waals surface area contributed by atoms with E-state index < -0.39 is 15.8 Å². The number of aryl methyl sites for hydroxylation is 1. The monoisotopic (exact) mass is 408 g/mol. The number of ether oxygens (including phenoxy) is 1. The topological polar surface area (TPSA) is 84.0 Å². The summed E-state index contributed by atoms with van der Waals surface area (Å²) in [5, 5.41) is 0. The van der Waals surface area contributed by atoms with Gasteiger partial charge in [0.1, 0.15) is 0 Å². The van der Waals surface area contributed by atoms with Gasteiger partial charge < -0.3 is 9.64 Å². The van der Waals surface area contributed by atoms with Gasteiger partial charge in [0.15, 0.2) is 16.4 Å². The molecule has 2 saturated heterocycles. The predicted octanol–water partition coefficient (Wildman–Crippen LogP) is 1.01. The standard InChI is InChI=1S/C20H28N2O5S/c1-16-3-2-4-17(11-16)13-21-6-8-22(9-7-21)19(23)14-27-20(24)12-18-5-10-28(25,26)15-18/h2-4,11,18H,5-10,12-15H2,1H3. The van der Waals surface area contributed by atoms with E-state index in [1.54, 1.807) is 4.90 Å².